The average molecular weight is 337 g/mol. The Labute approximate surface area is 143 Å². The van der Waals surface area contributed by atoms with Gasteiger partial charge >= 0.3 is 5.97 Å². The minimum Gasteiger partial charge on any atom is -0.480 e. The number of carbonyl (C=O) groups is 1. The summed E-state index contributed by atoms with van der Waals surface area (Å²) in [5.74, 6) is -0.733. The molecule has 4 nitrogen and oxygen atoms in total. The van der Waals surface area contributed by atoms with Crippen molar-refractivity contribution in [1.82, 2.24) is 5.32 Å². The molecule has 0 radical (unpaired) electrons. The van der Waals surface area contributed by atoms with Gasteiger partial charge in [0.2, 0.25) is 0 Å². The summed E-state index contributed by atoms with van der Waals surface area (Å²) in [4.78, 5) is 11.1. The van der Waals surface area contributed by atoms with Crippen LogP contribution >= 0.6 is 12.4 Å². The molecule has 0 rings (SSSR count). The van der Waals surface area contributed by atoms with Crippen LogP contribution in [-0.4, -0.2) is 30.2 Å². The summed E-state index contributed by atoms with van der Waals surface area (Å²) in [6.45, 7) is 3.70. The number of nitrogens with one attached hydrogen (secondary N) is 1. The molecule has 0 amide bonds. The number of carboxylic acid groups (broad SMARTS) is 1. The summed E-state index contributed by atoms with van der Waals surface area (Å²) in [5, 5.41) is 12.3. The van der Waals surface area contributed by atoms with E-state index < -0.39 is 12.0 Å². The van der Waals surface area contributed by atoms with Gasteiger partial charge in [0.15, 0.2) is 0 Å². The van der Waals surface area contributed by atoms with E-state index in [0.717, 1.165) is 25.8 Å². The number of hydrogen-bond acceptors (Lipinski definition) is 3. The van der Waals surface area contributed by atoms with Gasteiger partial charge in [-0.1, -0.05) is 64.7 Å². The fourth-order valence-electron chi connectivity index (χ4n) is 2.52. The van der Waals surface area contributed by atoms with Gasteiger partial charge in [0, 0.05) is 0 Å². The number of unbranched alkanes of at least 4 members (excludes halogenated alkanes) is 9. The summed E-state index contributed by atoms with van der Waals surface area (Å²) >= 11 is 0. The van der Waals surface area contributed by atoms with Crippen LogP contribution in [0.2, 0.25) is 0 Å². The fourth-order valence-corrected chi connectivity index (χ4v) is 2.52. The zero-order chi connectivity index (χ0) is 15.8. The van der Waals surface area contributed by atoms with Crippen LogP contribution in [0.25, 0.3) is 0 Å². The maximum absolute atomic E-state index is 11.1. The molecule has 0 heterocycles. The van der Waals surface area contributed by atoms with Crippen LogP contribution < -0.4 is 11.1 Å². The van der Waals surface area contributed by atoms with Gasteiger partial charge in [-0.05, 0) is 32.4 Å². The topological polar surface area (TPSA) is 75.3 Å². The Hall–Kier alpha value is -0.320. The van der Waals surface area contributed by atoms with Crippen molar-refractivity contribution in [2.45, 2.75) is 90.0 Å². The minimum absolute atomic E-state index is 0. The number of carboxylic acids is 1. The standard InChI is InChI=1S/C17H36N2O2.ClH/c1-2-3-4-5-6-7-8-9-12-15-19-16(17(20)21)13-10-11-14-18;/h16,19H,2-15,18H2,1H3,(H,20,21);1H. The number of nitrogens with two attached hydrogens (primary N) is 1. The van der Waals surface area contributed by atoms with Crippen molar-refractivity contribution in [3.8, 4) is 0 Å². The predicted octanol–water partition coefficient (Wildman–Crippen LogP) is 4.11. The Balaban J connectivity index is 0. The monoisotopic (exact) mass is 336 g/mol. The molecule has 1 atom stereocenters. The highest BCUT2D eigenvalue weighted by Crippen LogP contribution is 2.09. The summed E-state index contributed by atoms with van der Waals surface area (Å²) in [6.07, 6.45) is 14.1. The third-order valence-electron chi connectivity index (χ3n) is 3.92. The summed E-state index contributed by atoms with van der Waals surface area (Å²) in [7, 11) is 0. The Kier molecular flexibility index (Phi) is 20.4. The smallest absolute Gasteiger partial charge is 0.320 e. The van der Waals surface area contributed by atoms with Crippen molar-refractivity contribution < 1.29 is 9.90 Å². The third kappa shape index (κ3) is 16.1. The molecule has 0 aliphatic carbocycles. The lowest BCUT2D eigenvalue weighted by atomic mass is 10.1. The fraction of sp³-hybridized carbons (Fsp3) is 0.941. The predicted molar refractivity (Wildman–Crippen MR) is 96.8 cm³/mol. The van der Waals surface area contributed by atoms with E-state index in [0.29, 0.717) is 13.0 Å². The largest absolute Gasteiger partial charge is 0.480 e. The molecule has 0 spiro atoms. The van der Waals surface area contributed by atoms with Crippen molar-refractivity contribution in [1.29, 1.82) is 0 Å². The summed E-state index contributed by atoms with van der Waals surface area (Å²) in [5.41, 5.74) is 5.43. The molecule has 22 heavy (non-hydrogen) atoms. The second-order valence-corrected chi connectivity index (χ2v) is 5.96. The molecule has 0 aliphatic rings. The Morgan fingerprint density at radius 1 is 0.955 bits per heavy atom. The van der Waals surface area contributed by atoms with Crippen LogP contribution in [-0.2, 0) is 4.79 Å². The zero-order valence-corrected chi connectivity index (χ0v) is 15.1. The Bertz CT molecular complexity index is 241. The van der Waals surface area contributed by atoms with Crippen molar-refractivity contribution in [3.63, 3.8) is 0 Å². The van der Waals surface area contributed by atoms with E-state index in [4.69, 9.17) is 10.8 Å². The molecule has 134 valence electrons. The first kappa shape index (κ1) is 23.9. The van der Waals surface area contributed by atoms with Crippen LogP contribution in [0.15, 0.2) is 0 Å². The third-order valence-corrected chi connectivity index (χ3v) is 3.92. The van der Waals surface area contributed by atoms with Crippen molar-refractivity contribution >= 4 is 18.4 Å². The van der Waals surface area contributed by atoms with Crippen LogP contribution in [0.3, 0.4) is 0 Å². The van der Waals surface area contributed by atoms with Crippen LogP contribution in [0.5, 0.6) is 0 Å². The molecule has 5 heteroatoms. The molecule has 0 aromatic rings. The van der Waals surface area contributed by atoms with Crippen LogP contribution in [0, 0.1) is 0 Å². The van der Waals surface area contributed by atoms with Gasteiger partial charge < -0.3 is 16.2 Å². The van der Waals surface area contributed by atoms with Gasteiger partial charge in [-0.25, -0.2) is 0 Å². The van der Waals surface area contributed by atoms with Crippen molar-refractivity contribution in [2.75, 3.05) is 13.1 Å². The number of halogens is 1. The lowest BCUT2D eigenvalue weighted by molar-refractivity contribution is -0.139. The zero-order valence-electron chi connectivity index (χ0n) is 14.3. The first-order chi connectivity index (χ1) is 10.2. The molecular formula is C17H37ClN2O2. The second-order valence-electron chi connectivity index (χ2n) is 5.96. The van der Waals surface area contributed by atoms with E-state index in [1.165, 1.54) is 51.4 Å². The normalized spacial score (nSPS) is 11.9. The molecule has 4 N–H and O–H groups in total. The maximum atomic E-state index is 11.1. The Morgan fingerprint density at radius 3 is 2.00 bits per heavy atom. The lowest BCUT2D eigenvalue weighted by Gasteiger charge is -2.14. The average Bonchev–Trinajstić information content (AvgIpc) is 2.47. The number of aliphatic carboxylic acids is 1. The molecule has 0 aromatic carbocycles. The highest BCUT2D eigenvalue weighted by atomic mass is 35.5. The second kappa shape index (κ2) is 18.7. The van der Waals surface area contributed by atoms with E-state index in [1.807, 2.05) is 0 Å². The van der Waals surface area contributed by atoms with E-state index in [9.17, 15) is 4.79 Å². The first-order valence-corrected chi connectivity index (χ1v) is 8.88. The Morgan fingerprint density at radius 2 is 1.50 bits per heavy atom. The van der Waals surface area contributed by atoms with E-state index in [2.05, 4.69) is 12.2 Å². The van der Waals surface area contributed by atoms with Gasteiger partial charge in [-0.15, -0.1) is 12.4 Å². The van der Waals surface area contributed by atoms with E-state index >= 15 is 0 Å². The van der Waals surface area contributed by atoms with Gasteiger partial charge in [-0.3, -0.25) is 4.79 Å². The van der Waals surface area contributed by atoms with Crippen LogP contribution in [0.4, 0.5) is 0 Å². The quantitative estimate of drug-likeness (QED) is 0.371. The highest BCUT2D eigenvalue weighted by Gasteiger charge is 2.15. The number of rotatable bonds is 16. The van der Waals surface area contributed by atoms with Gasteiger partial charge in [-0.2, -0.15) is 0 Å². The molecule has 1 unspecified atom stereocenters. The number of hydrogen-bond donors (Lipinski definition) is 3. The highest BCUT2D eigenvalue weighted by molar-refractivity contribution is 5.85. The first-order valence-electron chi connectivity index (χ1n) is 8.88. The summed E-state index contributed by atoms with van der Waals surface area (Å²) < 4.78 is 0. The van der Waals surface area contributed by atoms with Crippen molar-refractivity contribution in [3.05, 3.63) is 0 Å². The van der Waals surface area contributed by atoms with Crippen LogP contribution in [0.1, 0.15) is 84.0 Å². The molecule has 0 fully saturated rings. The SMILES string of the molecule is CCCCCCCCCCCNC(CCCCN)C(=O)O.Cl. The van der Waals surface area contributed by atoms with E-state index in [1.54, 1.807) is 0 Å². The summed E-state index contributed by atoms with van der Waals surface area (Å²) in [6, 6.07) is -0.398. The molecule has 0 saturated heterocycles. The maximum Gasteiger partial charge on any atom is 0.320 e. The molecule has 0 bridgehead atoms. The molecular weight excluding hydrogens is 300 g/mol. The molecule has 0 aromatic heterocycles. The van der Waals surface area contributed by atoms with Crippen molar-refractivity contribution in [2.24, 2.45) is 5.73 Å². The van der Waals surface area contributed by atoms with Gasteiger partial charge in [0.05, 0.1) is 0 Å². The molecule has 0 saturated carbocycles. The van der Waals surface area contributed by atoms with E-state index in [-0.39, 0.29) is 12.4 Å². The van der Waals surface area contributed by atoms with Gasteiger partial charge in [0.25, 0.3) is 0 Å². The van der Waals surface area contributed by atoms with Gasteiger partial charge in [0.1, 0.15) is 6.04 Å². The lowest BCUT2D eigenvalue weighted by Crippen LogP contribution is -2.37. The molecule has 0 aliphatic heterocycles. The minimum atomic E-state index is -0.733.